The van der Waals surface area contributed by atoms with Gasteiger partial charge in [-0.15, -0.1) is 0 Å². The van der Waals surface area contributed by atoms with Crippen molar-refractivity contribution in [3.63, 3.8) is 0 Å². The van der Waals surface area contributed by atoms with Crippen molar-refractivity contribution in [1.29, 1.82) is 5.41 Å². The summed E-state index contributed by atoms with van der Waals surface area (Å²) in [6.45, 7) is 0. The third-order valence-corrected chi connectivity index (χ3v) is 6.33. The van der Waals surface area contributed by atoms with E-state index in [1.165, 1.54) is 0 Å². The Kier molecular flexibility index (Phi) is 6.28. The number of phosphoric acid groups is 2. The number of carboxylic acids is 1. The molecule has 3 atom stereocenters. The molecule has 0 saturated heterocycles. The lowest BCUT2D eigenvalue weighted by Gasteiger charge is -2.28. The SMILES string of the molecule is CN(C(=N)N)C(C(=O)O)P(=O)(O)OP(=O)(O)OP(=O)(O)O. The second-order valence-electron chi connectivity index (χ2n) is 3.39. The van der Waals surface area contributed by atoms with Crippen molar-refractivity contribution in [3.8, 4) is 0 Å². The minimum Gasteiger partial charge on any atom is -0.479 e. The Morgan fingerprint density at radius 1 is 1.19 bits per heavy atom. The summed E-state index contributed by atoms with van der Waals surface area (Å²) in [4.78, 5) is 46.1. The van der Waals surface area contributed by atoms with Crippen molar-refractivity contribution in [1.82, 2.24) is 4.90 Å². The van der Waals surface area contributed by atoms with Crippen LogP contribution in [0.2, 0.25) is 0 Å². The van der Waals surface area contributed by atoms with Gasteiger partial charge in [-0.3, -0.25) is 9.97 Å². The molecule has 0 fully saturated rings. The molecule has 0 aliphatic carbocycles. The molecule has 0 radical (unpaired) electrons. The Balaban J connectivity index is 5.49. The number of likely N-dealkylation sites (N-methyl/N-ethyl adjacent to an activating group) is 1. The van der Waals surface area contributed by atoms with E-state index in [1.54, 1.807) is 0 Å². The van der Waals surface area contributed by atoms with E-state index < -0.39 is 41.0 Å². The van der Waals surface area contributed by atoms with Crippen LogP contribution in [0.1, 0.15) is 0 Å². The highest BCUT2D eigenvalue weighted by Crippen LogP contribution is 2.67. The molecule has 17 heteroatoms. The molecule has 0 aromatic rings. The molecular formula is C4H12N3O11P3. The number of aliphatic carboxylic acids is 1. The molecule has 0 rings (SSSR count). The first-order valence-electron chi connectivity index (χ1n) is 4.52. The molecule has 0 amide bonds. The third kappa shape index (κ3) is 6.66. The fourth-order valence-corrected chi connectivity index (χ4v) is 4.84. The van der Waals surface area contributed by atoms with E-state index in [2.05, 4.69) is 8.62 Å². The molecular weight excluding hydrogens is 359 g/mol. The highest BCUT2D eigenvalue weighted by molar-refractivity contribution is 7.68. The molecule has 0 spiro atoms. The molecule has 0 heterocycles. The maximum atomic E-state index is 11.7. The van der Waals surface area contributed by atoms with Crippen LogP contribution in [-0.2, 0) is 27.1 Å². The average molecular weight is 371 g/mol. The first kappa shape index (κ1) is 20.2. The predicted molar refractivity (Wildman–Crippen MR) is 65.0 cm³/mol. The second-order valence-corrected chi connectivity index (χ2v) is 8.24. The maximum Gasteiger partial charge on any atom is 0.488 e. The second kappa shape index (κ2) is 6.53. The van der Waals surface area contributed by atoms with Crippen molar-refractivity contribution in [2.24, 2.45) is 5.73 Å². The summed E-state index contributed by atoms with van der Waals surface area (Å²) in [6.07, 6.45) is 0. The molecule has 3 unspecified atom stereocenters. The minimum atomic E-state index is -5.78. The fraction of sp³-hybridized carbons (Fsp3) is 0.500. The van der Waals surface area contributed by atoms with Crippen molar-refractivity contribution in [3.05, 3.63) is 0 Å². The molecule has 0 aromatic heterocycles. The lowest BCUT2D eigenvalue weighted by atomic mass is 10.6. The van der Waals surface area contributed by atoms with Crippen LogP contribution < -0.4 is 5.73 Å². The van der Waals surface area contributed by atoms with E-state index in [9.17, 15) is 23.4 Å². The summed E-state index contributed by atoms with van der Waals surface area (Å²) in [7, 11) is -16.1. The normalized spacial score (nSPS) is 19.1. The van der Waals surface area contributed by atoms with Crippen LogP contribution in [0.5, 0.6) is 0 Å². The van der Waals surface area contributed by atoms with Gasteiger partial charge >= 0.3 is 29.2 Å². The zero-order chi connectivity index (χ0) is 17.2. The van der Waals surface area contributed by atoms with E-state index in [0.717, 1.165) is 7.05 Å². The lowest BCUT2D eigenvalue weighted by Crippen LogP contribution is -2.45. The average Bonchev–Trinajstić information content (AvgIpc) is 2.08. The summed E-state index contributed by atoms with van der Waals surface area (Å²) in [5.41, 5.74) is 4.91. The van der Waals surface area contributed by atoms with Crippen molar-refractivity contribution >= 4 is 35.2 Å². The Morgan fingerprint density at radius 2 is 1.62 bits per heavy atom. The van der Waals surface area contributed by atoms with Gasteiger partial charge in [-0.05, 0) is 0 Å². The van der Waals surface area contributed by atoms with E-state index in [0.29, 0.717) is 0 Å². The summed E-state index contributed by atoms with van der Waals surface area (Å²) in [5.74, 6) is -5.64. The minimum absolute atomic E-state index is 0.223. The van der Waals surface area contributed by atoms with Gasteiger partial charge in [0.05, 0.1) is 0 Å². The van der Waals surface area contributed by atoms with Crippen LogP contribution in [0.25, 0.3) is 0 Å². The highest BCUT2D eigenvalue weighted by atomic mass is 31.3. The van der Waals surface area contributed by atoms with Crippen LogP contribution in [0, 0.1) is 5.41 Å². The van der Waals surface area contributed by atoms with Gasteiger partial charge in [0.2, 0.25) is 5.78 Å². The number of nitrogens with one attached hydrogen (secondary N) is 1. The van der Waals surface area contributed by atoms with Crippen LogP contribution in [0.3, 0.4) is 0 Å². The summed E-state index contributed by atoms with van der Waals surface area (Å²) >= 11 is 0. The quantitative estimate of drug-likeness (QED) is 0.155. The topological polar surface area (TPSA) is 241 Å². The molecule has 0 aliphatic heterocycles. The number of carbonyl (C=O) groups is 1. The number of rotatable bonds is 7. The summed E-state index contributed by atoms with van der Waals surface area (Å²) in [5, 5.41) is 15.7. The number of carboxylic acid groups (broad SMARTS) is 1. The van der Waals surface area contributed by atoms with Gasteiger partial charge < -0.3 is 35.3 Å². The Morgan fingerprint density at radius 3 is 1.90 bits per heavy atom. The lowest BCUT2D eigenvalue weighted by molar-refractivity contribution is -0.139. The monoisotopic (exact) mass is 371 g/mol. The zero-order valence-corrected chi connectivity index (χ0v) is 12.8. The van der Waals surface area contributed by atoms with Crippen molar-refractivity contribution in [2.75, 3.05) is 7.05 Å². The smallest absolute Gasteiger partial charge is 0.479 e. The Hall–Kier alpha value is -0.810. The molecule has 0 aromatic carbocycles. The van der Waals surface area contributed by atoms with Gasteiger partial charge in [0.15, 0.2) is 5.96 Å². The number of nitrogens with two attached hydrogens (primary N) is 1. The van der Waals surface area contributed by atoms with E-state index in [4.69, 9.17) is 30.9 Å². The summed E-state index contributed by atoms with van der Waals surface area (Å²) in [6, 6.07) is 0. The van der Waals surface area contributed by atoms with Crippen molar-refractivity contribution < 1.29 is 51.8 Å². The van der Waals surface area contributed by atoms with Gasteiger partial charge in [0.1, 0.15) is 0 Å². The van der Waals surface area contributed by atoms with Crippen LogP contribution in [0.4, 0.5) is 0 Å². The van der Waals surface area contributed by atoms with Gasteiger partial charge in [-0.2, -0.15) is 4.31 Å². The number of nitrogens with zero attached hydrogens (tertiary/aromatic N) is 1. The number of hydrogen-bond donors (Lipinski definition) is 7. The zero-order valence-electron chi connectivity index (χ0n) is 10.1. The first-order valence-corrected chi connectivity index (χ1v) is 9.19. The predicted octanol–water partition coefficient (Wildman–Crippen LogP) is -1.37. The van der Waals surface area contributed by atoms with E-state index in [-0.39, 0.29) is 4.90 Å². The van der Waals surface area contributed by atoms with E-state index in [1.807, 2.05) is 0 Å². The van der Waals surface area contributed by atoms with Crippen molar-refractivity contribution in [2.45, 2.75) is 5.78 Å². The first-order chi connectivity index (χ1) is 9.09. The highest BCUT2D eigenvalue weighted by Gasteiger charge is 2.49. The number of hydrogen-bond acceptors (Lipinski definition) is 7. The third-order valence-electron chi connectivity index (χ3n) is 1.71. The van der Waals surface area contributed by atoms with Gasteiger partial charge in [0, 0.05) is 7.05 Å². The number of guanidine groups is 1. The van der Waals surface area contributed by atoms with Crippen LogP contribution in [0.15, 0.2) is 0 Å². The largest absolute Gasteiger partial charge is 0.488 e. The summed E-state index contributed by atoms with van der Waals surface area (Å²) < 4.78 is 40.1. The molecule has 0 aliphatic rings. The Bertz CT molecular complexity index is 569. The molecule has 14 nitrogen and oxygen atoms in total. The molecule has 124 valence electrons. The molecule has 21 heavy (non-hydrogen) atoms. The molecule has 0 saturated carbocycles. The Labute approximate surface area is 117 Å². The van der Waals surface area contributed by atoms with Crippen LogP contribution in [-0.4, -0.2) is 54.3 Å². The fourth-order valence-electron chi connectivity index (χ4n) is 0.998. The maximum absolute atomic E-state index is 11.7. The van der Waals surface area contributed by atoms with E-state index >= 15 is 0 Å². The van der Waals surface area contributed by atoms with Crippen LogP contribution >= 0.6 is 23.2 Å². The molecule has 8 N–H and O–H groups in total. The van der Waals surface area contributed by atoms with Gasteiger partial charge in [-0.1, -0.05) is 0 Å². The van der Waals surface area contributed by atoms with Gasteiger partial charge in [0.25, 0.3) is 0 Å². The van der Waals surface area contributed by atoms with Gasteiger partial charge in [-0.25, -0.2) is 18.2 Å². The standard InChI is InChI=1S/C4H12N3O11P3/c1-7(4(5)6)2(3(8)9)19(10,11)17-21(15,16)18-20(12,13)14/h2H,1H3,(H3,5,6)(H,8,9)(H,10,11)(H,15,16)(H2,12,13,14). The molecule has 0 bridgehead atoms.